The molecule has 2 aromatic rings. The third-order valence-electron chi connectivity index (χ3n) is 4.40. The number of aliphatic hydroxyl groups excluding tert-OH is 1. The molecule has 1 unspecified atom stereocenters. The van der Waals surface area contributed by atoms with Crippen molar-refractivity contribution in [3.63, 3.8) is 0 Å². The van der Waals surface area contributed by atoms with Crippen molar-refractivity contribution in [2.75, 3.05) is 5.88 Å². The van der Waals surface area contributed by atoms with Crippen molar-refractivity contribution in [3.05, 3.63) is 66.2 Å². The van der Waals surface area contributed by atoms with E-state index in [9.17, 15) is 9.90 Å². The second-order valence-corrected chi connectivity index (χ2v) is 7.46. The monoisotopic (exact) mass is 342 g/mol. The van der Waals surface area contributed by atoms with Crippen LogP contribution >= 0.6 is 11.8 Å². The molecule has 3 rings (SSSR count). The van der Waals surface area contributed by atoms with Crippen LogP contribution in [0.5, 0.6) is 0 Å². The first-order valence-electron chi connectivity index (χ1n) is 7.98. The van der Waals surface area contributed by atoms with Crippen LogP contribution in [0.4, 0.5) is 4.79 Å². The van der Waals surface area contributed by atoms with E-state index in [1.54, 1.807) is 21.6 Å². The van der Waals surface area contributed by atoms with Crippen molar-refractivity contribution in [2.24, 2.45) is 0 Å². The number of amides is 2. The SMILES string of the molecule is CC1(C)C(O)N(Cc2ccccc2)C(=O)N1CSc1ccccc1. The van der Waals surface area contributed by atoms with Crippen LogP contribution in [-0.4, -0.2) is 38.6 Å². The Morgan fingerprint density at radius 2 is 1.62 bits per heavy atom. The molecule has 0 aromatic heterocycles. The molecular weight excluding hydrogens is 320 g/mol. The zero-order chi connectivity index (χ0) is 17.2. The van der Waals surface area contributed by atoms with Crippen LogP contribution in [0.1, 0.15) is 19.4 Å². The first-order chi connectivity index (χ1) is 11.5. The number of carbonyl (C=O) groups is 1. The average Bonchev–Trinajstić information content (AvgIpc) is 2.75. The Bertz CT molecular complexity index is 691. The molecule has 1 heterocycles. The zero-order valence-corrected chi connectivity index (χ0v) is 14.7. The number of nitrogens with zero attached hydrogens (tertiary/aromatic N) is 2. The van der Waals surface area contributed by atoms with E-state index in [0.717, 1.165) is 10.5 Å². The van der Waals surface area contributed by atoms with Crippen LogP contribution in [0.15, 0.2) is 65.6 Å². The van der Waals surface area contributed by atoms with Gasteiger partial charge in [0.15, 0.2) is 6.23 Å². The van der Waals surface area contributed by atoms with Gasteiger partial charge in [0.2, 0.25) is 0 Å². The summed E-state index contributed by atoms with van der Waals surface area (Å²) in [5.41, 5.74) is 0.381. The van der Waals surface area contributed by atoms with Crippen LogP contribution in [0.2, 0.25) is 0 Å². The first kappa shape index (κ1) is 16.9. The van der Waals surface area contributed by atoms with Gasteiger partial charge in [0.05, 0.1) is 18.0 Å². The maximum absolute atomic E-state index is 12.8. The lowest BCUT2D eigenvalue weighted by molar-refractivity contribution is -0.00564. The highest BCUT2D eigenvalue weighted by Crippen LogP contribution is 2.35. The summed E-state index contributed by atoms with van der Waals surface area (Å²) in [6.45, 7) is 4.23. The van der Waals surface area contributed by atoms with Gasteiger partial charge >= 0.3 is 6.03 Å². The lowest BCUT2D eigenvalue weighted by Crippen LogP contribution is -2.46. The van der Waals surface area contributed by atoms with Crippen LogP contribution in [0.3, 0.4) is 0 Å². The second-order valence-electron chi connectivity index (χ2n) is 6.44. The van der Waals surface area contributed by atoms with E-state index >= 15 is 0 Å². The molecule has 0 saturated carbocycles. The summed E-state index contributed by atoms with van der Waals surface area (Å²) in [5.74, 6) is 0.512. The Morgan fingerprint density at radius 1 is 1.04 bits per heavy atom. The van der Waals surface area contributed by atoms with Crippen molar-refractivity contribution in [1.29, 1.82) is 0 Å². The zero-order valence-electron chi connectivity index (χ0n) is 13.9. The fraction of sp³-hybridized carbons (Fsp3) is 0.316. The van der Waals surface area contributed by atoms with Gasteiger partial charge in [-0.15, -0.1) is 11.8 Å². The molecule has 2 amide bonds. The number of hydrogen-bond acceptors (Lipinski definition) is 3. The third-order valence-corrected chi connectivity index (χ3v) is 5.39. The first-order valence-corrected chi connectivity index (χ1v) is 8.97. The van der Waals surface area contributed by atoms with E-state index in [-0.39, 0.29) is 6.03 Å². The number of carbonyl (C=O) groups excluding carboxylic acids is 1. The molecule has 4 nitrogen and oxygen atoms in total. The van der Waals surface area contributed by atoms with E-state index in [1.807, 2.05) is 74.5 Å². The maximum atomic E-state index is 12.8. The molecule has 0 aliphatic carbocycles. The molecular formula is C19H22N2O2S. The number of benzene rings is 2. The lowest BCUT2D eigenvalue weighted by Gasteiger charge is -2.31. The molecule has 0 radical (unpaired) electrons. The molecule has 5 heteroatoms. The van der Waals surface area contributed by atoms with Gasteiger partial charge in [0.1, 0.15) is 0 Å². The highest BCUT2D eigenvalue weighted by molar-refractivity contribution is 7.99. The van der Waals surface area contributed by atoms with Crippen LogP contribution in [0.25, 0.3) is 0 Å². The Kier molecular flexibility index (Phi) is 4.83. The smallest absolute Gasteiger partial charge is 0.323 e. The van der Waals surface area contributed by atoms with Gasteiger partial charge in [-0.3, -0.25) is 4.90 Å². The Morgan fingerprint density at radius 3 is 2.25 bits per heavy atom. The summed E-state index contributed by atoms with van der Waals surface area (Å²) in [4.78, 5) is 17.2. The third kappa shape index (κ3) is 3.28. The number of urea groups is 1. The fourth-order valence-electron chi connectivity index (χ4n) is 2.84. The Labute approximate surface area is 147 Å². The fourth-order valence-corrected chi connectivity index (χ4v) is 3.91. The topological polar surface area (TPSA) is 43.8 Å². The van der Waals surface area contributed by atoms with Crippen LogP contribution in [-0.2, 0) is 6.54 Å². The van der Waals surface area contributed by atoms with E-state index < -0.39 is 11.8 Å². The predicted molar refractivity (Wildman–Crippen MR) is 96.5 cm³/mol. The molecule has 1 aliphatic rings. The van der Waals surface area contributed by atoms with Crippen molar-refractivity contribution >= 4 is 17.8 Å². The summed E-state index contributed by atoms with van der Waals surface area (Å²) < 4.78 is 0. The van der Waals surface area contributed by atoms with Crippen LogP contribution in [0, 0.1) is 0 Å². The molecule has 24 heavy (non-hydrogen) atoms. The van der Waals surface area contributed by atoms with Gasteiger partial charge < -0.3 is 10.0 Å². The van der Waals surface area contributed by atoms with E-state index in [0.29, 0.717) is 12.4 Å². The maximum Gasteiger partial charge on any atom is 0.323 e. The summed E-state index contributed by atoms with van der Waals surface area (Å²) in [6.07, 6.45) is -0.832. The number of rotatable bonds is 5. The minimum atomic E-state index is -0.832. The predicted octanol–water partition coefficient (Wildman–Crippen LogP) is 3.77. The number of hydrogen-bond donors (Lipinski definition) is 1. The Hall–Kier alpha value is -1.98. The standard InChI is InChI=1S/C19H22N2O2S/c1-19(2)17(22)20(13-15-9-5-3-6-10-15)18(23)21(19)14-24-16-11-7-4-8-12-16/h3-12,17,22H,13-14H2,1-2H3. The molecule has 1 saturated heterocycles. The van der Waals surface area contributed by atoms with Gasteiger partial charge in [-0.05, 0) is 31.5 Å². The van der Waals surface area contributed by atoms with Crippen molar-refractivity contribution < 1.29 is 9.90 Å². The number of aliphatic hydroxyl groups is 1. The average molecular weight is 342 g/mol. The van der Waals surface area contributed by atoms with Crippen molar-refractivity contribution in [2.45, 2.75) is 37.1 Å². The molecule has 1 N–H and O–H groups in total. The molecule has 1 aliphatic heterocycles. The lowest BCUT2D eigenvalue weighted by atomic mass is 10.0. The minimum absolute atomic E-state index is 0.125. The normalized spacial score (nSPS) is 19.8. The quantitative estimate of drug-likeness (QED) is 0.841. The van der Waals surface area contributed by atoms with E-state index in [1.165, 1.54) is 0 Å². The largest absolute Gasteiger partial charge is 0.371 e. The van der Waals surface area contributed by atoms with E-state index in [2.05, 4.69) is 0 Å². The van der Waals surface area contributed by atoms with Crippen LogP contribution < -0.4 is 0 Å². The minimum Gasteiger partial charge on any atom is -0.371 e. The molecule has 1 fully saturated rings. The van der Waals surface area contributed by atoms with E-state index in [4.69, 9.17) is 0 Å². The summed E-state index contributed by atoms with van der Waals surface area (Å²) in [7, 11) is 0. The molecule has 1 atom stereocenters. The van der Waals surface area contributed by atoms with Gasteiger partial charge in [0, 0.05) is 4.90 Å². The summed E-state index contributed by atoms with van der Waals surface area (Å²) >= 11 is 1.60. The molecule has 0 spiro atoms. The molecule has 2 aromatic carbocycles. The Balaban J connectivity index is 1.74. The highest BCUT2D eigenvalue weighted by Gasteiger charge is 2.50. The molecule has 0 bridgehead atoms. The van der Waals surface area contributed by atoms with Gasteiger partial charge in [-0.2, -0.15) is 0 Å². The summed E-state index contributed by atoms with van der Waals surface area (Å²) in [6, 6.07) is 19.6. The van der Waals surface area contributed by atoms with Gasteiger partial charge in [-0.25, -0.2) is 4.79 Å². The van der Waals surface area contributed by atoms with Crippen molar-refractivity contribution in [3.8, 4) is 0 Å². The van der Waals surface area contributed by atoms with Gasteiger partial charge in [-0.1, -0.05) is 48.5 Å². The van der Waals surface area contributed by atoms with Crippen molar-refractivity contribution in [1.82, 2.24) is 9.80 Å². The number of thioether (sulfide) groups is 1. The second kappa shape index (κ2) is 6.87. The summed E-state index contributed by atoms with van der Waals surface area (Å²) in [5, 5.41) is 10.7. The molecule has 126 valence electrons. The van der Waals surface area contributed by atoms with Gasteiger partial charge in [0.25, 0.3) is 0 Å². The highest BCUT2D eigenvalue weighted by atomic mass is 32.2.